The van der Waals surface area contributed by atoms with E-state index in [4.69, 9.17) is 0 Å². The number of rotatable bonds is 7. The molecule has 0 aromatic carbocycles. The van der Waals surface area contributed by atoms with Gasteiger partial charge in [-0.15, -0.1) is 0 Å². The quantitative estimate of drug-likeness (QED) is 0.652. The molecule has 1 heterocycles. The van der Waals surface area contributed by atoms with Gasteiger partial charge in [-0.2, -0.15) is 0 Å². The summed E-state index contributed by atoms with van der Waals surface area (Å²) in [4.78, 5) is 2.65. The van der Waals surface area contributed by atoms with Gasteiger partial charge in [0.05, 0.1) is 0 Å². The second kappa shape index (κ2) is 8.12. The van der Waals surface area contributed by atoms with Crippen LogP contribution in [0.15, 0.2) is 0 Å². The van der Waals surface area contributed by atoms with Crippen LogP contribution in [0.1, 0.15) is 45.4 Å². The van der Waals surface area contributed by atoms with Crippen molar-refractivity contribution in [2.75, 3.05) is 33.2 Å². The maximum absolute atomic E-state index is 3.21. The molecule has 0 spiro atoms. The van der Waals surface area contributed by atoms with Gasteiger partial charge in [0.2, 0.25) is 0 Å². The Kier molecular flexibility index (Phi) is 7.03. The van der Waals surface area contributed by atoms with Crippen molar-refractivity contribution in [2.45, 2.75) is 45.4 Å². The minimum atomic E-state index is 1.03. The number of nitrogens with zero attached hydrogens (tertiary/aromatic N) is 1. The predicted octanol–water partition coefficient (Wildman–Crippen LogP) is 2.50. The Balaban J connectivity index is 1.99. The molecule has 0 aliphatic carbocycles. The van der Waals surface area contributed by atoms with Gasteiger partial charge in [0.25, 0.3) is 0 Å². The molecule has 0 aromatic heterocycles. The Morgan fingerprint density at radius 2 is 1.93 bits per heavy atom. The van der Waals surface area contributed by atoms with Crippen LogP contribution in [0.4, 0.5) is 0 Å². The lowest BCUT2D eigenvalue weighted by Crippen LogP contribution is -2.34. The highest BCUT2D eigenvalue weighted by atomic mass is 15.1. The average molecular weight is 212 g/mol. The van der Waals surface area contributed by atoms with Crippen LogP contribution < -0.4 is 5.32 Å². The molecule has 90 valence electrons. The van der Waals surface area contributed by atoms with Gasteiger partial charge in [0.1, 0.15) is 0 Å². The second-order valence-corrected chi connectivity index (χ2v) is 4.88. The lowest BCUT2D eigenvalue weighted by atomic mass is 9.92. The highest BCUT2D eigenvalue weighted by molar-refractivity contribution is 4.71. The van der Waals surface area contributed by atoms with E-state index < -0.39 is 0 Å². The van der Waals surface area contributed by atoms with Gasteiger partial charge in [-0.25, -0.2) is 0 Å². The number of hydrogen-bond acceptors (Lipinski definition) is 2. The maximum Gasteiger partial charge on any atom is -0.00161 e. The Morgan fingerprint density at radius 1 is 1.20 bits per heavy atom. The van der Waals surface area contributed by atoms with Crippen molar-refractivity contribution in [3.8, 4) is 0 Å². The summed E-state index contributed by atoms with van der Waals surface area (Å²) in [6.07, 6.45) is 8.39. The van der Waals surface area contributed by atoms with Crippen molar-refractivity contribution < 1.29 is 0 Å². The number of unbranched alkanes of at least 4 members (excludes halogenated alkanes) is 1. The molecule has 0 radical (unpaired) electrons. The lowest BCUT2D eigenvalue weighted by Gasteiger charge is -2.31. The third-order valence-corrected chi connectivity index (χ3v) is 3.56. The van der Waals surface area contributed by atoms with Gasteiger partial charge >= 0.3 is 0 Å². The first-order valence-electron chi connectivity index (χ1n) is 6.73. The van der Waals surface area contributed by atoms with Crippen LogP contribution in [0, 0.1) is 5.92 Å². The van der Waals surface area contributed by atoms with Gasteiger partial charge in [-0.1, -0.05) is 19.8 Å². The lowest BCUT2D eigenvalue weighted by molar-refractivity contribution is 0.176. The molecule has 0 saturated carbocycles. The molecule has 15 heavy (non-hydrogen) atoms. The molecule has 0 amide bonds. The first-order chi connectivity index (χ1) is 7.36. The molecule has 1 aliphatic heterocycles. The zero-order valence-electron chi connectivity index (χ0n) is 10.6. The highest BCUT2D eigenvalue weighted by Gasteiger charge is 2.17. The first-order valence-corrected chi connectivity index (χ1v) is 6.73. The van der Waals surface area contributed by atoms with Crippen molar-refractivity contribution in [3.63, 3.8) is 0 Å². The largest absolute Gasteiger partial charge is 0.320 e. The molecule has 0 aromatic rings. The molecule has 1 saturated heterocycles. The van der Waals surface area contributed by atoms with Gasteiger partial charge in [-0.3, -0.25) is 0 Å². The summed E-state index contributed by atoms with van der Waals surface area (Å²) in [5.41, 5.74) is 0. The van der Waals surface area contributed by atoms with E-state index in [1.165, 1.54) is 64.7 Å². The topological polar surface area (TPSA) is 15.3 Å². The molecule has 1 aliphatic rings. The van der Waals surface area contributed by atoms with E-state index in [-0.39, 0.29) is 0 Å². The van der Waals surface area contributed by atoms with Crippen molar-refractivity contribution in [1.29, 1.82) is 0 Å². The van der Waals surface area contributed by atoms with Crippen LogP contribution in [0.2, 0.25) is 0 Å². The summed E-state index contributed by atoms with van der Waals surface area (Å²) < 4.78 is 0. The summed E-state index contributed by atoms with van der Waals surface area (Å²) in [5.74, 6) is 1.03. The van der Waals surface area contributed by atoms with E-state index in [0.717, 1.165) is 5.92 Å². The van der Waals surface area contributed by atoms with E-state index in [2.05, 4.69) is 17.1 Å². The standard InChI is InChI=1S/C13H28N2/c1-3-6-13-7-11-15(12-8-13)10-5-4-9-14-2/h13-14H,3-12H2,1-2H3. The number of nitrogens with one attached hydrogen (secondary N) is 1. The monoisotopic (exact) mass is 212 g/mol. The van der Waals surface area contributed by atoms with Gasteiger partial charge < -0.3 is 10.2 Å². The maximum atomic E-state index is 3.21. The van der Waals surface area contributed by atoms with E-state index in [1.54, 1.807) is 0 Å². The Bertz CT molecular complexity index is 137. The van der Waals surface area contributed by atoms with Gasteiger partial charge in [0, 0.05) is 0 Å². The zero-order valence-corrected chi connectivity index (χ0v) is 10.6. The van der Waals surface area contributed by atoms with Crippen LogP contribution in [0.25, 0.3) is 0 Å². The fourth-order valence-corrected chi connectivity index (χ4v) is 2.54. The second-order valence-electron chi connectivity index (χ2n) is 4.88. The van der Waals surface area contributed by atoms with Crippen LogP contribution in [-0.4, -0.2) is 38.1 Å². The highest BCUT2D eigenvalue weighted by Crippen LogP contribution is 2.21. The number of likely N-dealkylation sites (tertiary alicyclic amines) is 1. The normalized spacial score (nSPS) is 19.6. The fourth-order valence-electron chi connectivity index (χ4n) is 2.54. The summed E-state index contributed by atoms with van der Waals surface area (Å²) in [7, 11) is 2.04. The molecule has 2 nitrogen and oxygen atoms in total. The van der Waals surface area contributed by atoms with Crippen molar-refractivity contribution >= 4 is 0 Å². The molecule has 1 fully saturated rings. The van der Waals surface area contributed by atoms with Crippen LogP contribution in [-0.2, 0) is 0 Å². The molecule has 0 unspecified atom stereocenters. The molecule has 1 N–H and O–H groups in total. The Hall–Kier alpha value is -0.0800. The van der Waals surface area contributed by atoms with E-state index >= 15 is 0 Å². The first kappa shape index (κ1) is 13.0. The van der Waals surface area contributed by atoms with Crippen molar-refractivity contribution in [2.24, 2.45) is 5.92 Å². The van der Waals surface area contributed by atoms with Crippen molar-refractivity contribution in [1.82, 2.24) is 10.2 Å². The van der Waals surface area contributed by atoms with Crippen LogP contribution >= 0.6 is 0 Å². The van der Waals surface area contributed by atoms with E-state index in [9.17, 15) is 0 Å². The summed E-state index contributed by atoms with van der Waals surface area (Å²) in [6.45, 7) is 7.51. The Morgan fingerprint density at radius 3 is 2.53 bits per heavy atom. The van der Waals surface area contributed by atoms with Gasteiger partial charge in [0.15, 0.2) is 0 Å². The molecular weight excluding hydrogens is 184 g/mol. The predicted molar refractivity (Wildman–Crippen MR) is 67.2 cm³/mol. The summed E-state index contributed by atoms with van der Waals surface area (Å²) in [6, 6.07) is 0. The molecule has 1 rings (SSSR count). The molecule has 0 atom stereocenters. The van der Waals surface area contributed by atoms with E-state index in [0.29, 0.717) is 0 Å². The number of hydrogen-bond donors (Lipinski definition) is 1. The Labute approximate surface area is 95.4 Å². The van der Waals surface area contributed by atoms with Crippen molar-refractivity contribution in [3.05, 3.63) is 0 Å². The minimum absolute atomic E-state index is 1.03. The summed E-state index contributed by atoms with van der Waals surface area (Å²) >= 11 is 0. The molecule has 0 bridgehead atoms. The number of piperidine rings is 1. The fraction of sp³-hybridized carbons (Fsp3) is 1.00. The average Bonchev–Trinajstić information content (AvgIpc) is 2.27. The third kappa shape index (κ3) is 5.53. The third-order valence-electron chi connectivity index (χ3n) is 3.56. The smallest absolute Gasteiger partial charge is 0.00161 e. The SMILES string of the molecule is CCCC1CCN(CCCCNC)CC1. The zero-order chi connectivity index (χ0) is 10.9. The van der Waals surface area contributed by atoms with Gasteiger partial charge in [-0.05, 0) is 64.8 Å². The molecular formula is C13H28N2. The molecule has 2 heteroatoms. The van der Waals surface area contributed by atoms with Crippen LogP contribution in [0.5, 0.6) is 0 Å². The van der Waals surface area contributed by atoms with E-state index in [1.807, 2.05) is 7.05 Å². The minimum Gasteiger partial charge on any atom is -0.320 e. The van der Waals surface area contributed by atoms with Crippen LogP contribution in [0.3, 0.4) is 0 Å². The summed E-state index contributed by atoms with van der Waals surface area (Å²) in [5, 5.41) is 3.21.